The Morgan fingerprint density at radius 1 is 1.15 bits per heavy atom. The number of ether oxygens (including phenoxy) is 1. The largest absolute Gasteiger partial charge is 0.457 e. The van der Waals surface area contributed by atoms with Crippen LogP contribution < -0.4 is 10.1 Å². The van der Waals surface area contributed by atoms with Crippen molar-refractivity contribution in [2.75, 3.05) is 26.7 Å². The number of hydrogen-bond donors (Lipinski definition) is 1. The summed E-state index contributed by atoms with van der Waals surface area (Å²) in [6.07, 6.45) is 0.897. The van der Waals surface area contributed by atoms with Gasteiger partial charge in [0.15, 0.2) is 0 Å². The molecule has 3 rings (SSSR count). The minimum Gasteiger partial charge on any atom is -0.457 e. The molecule has 0 bridgehead atoms. The first kappa shape index (κ1) is 20.7. The third kappa shape index (κ3) is 4.76. The van der Waals surface area contributed by atoms with Gasteiger partial charge in [0.1, 0.15) is 11.5 Å². The molecule has 7 heteroatoms. The van der Waals surface area contributed by atoms with E-state index in [1.807, 2.05) is 38.2 Å². The first-order chi connectivity index (χ1) is 12.0. The van der Waals surface area contributed by atoms with E-state index >= 15 is 0 Å². The summed E-state index contributed by atoms with van der Waals surface area (Å²) in [5, 5.41) is 3.12. The van der Waals surface area contributed by atoms with Gasteiger partial charge in [0, 0.05) is 13.1 Å². The lowest BCUT2D eigenvalue weighted by Crippen LogP contribution is -2.30. The van der Waals surface area contributed by atoms with Gasteiger partial charge in [-0.05, 0) is 74.8 Å². The van der Waals surface area contributed by atoms with Crippen LogP contribution in [0.2, 0.25) is 0 Å². The second-order valence-corrected chi connectivity index (χ2v) is 8.40. The van der Waals surface area contributed by atoms with Gasteiger partial charge in [-0.2, -0.15) is 4.31 Å². The summed E-state index contributed by atoms with van der Waals surface area (Å²) in [6, 6.07) is 14.4. The Balaban J connectivity index is 0.00000243. The lowest BCUT2D eigenvalue weighted by atomic mass is 10.1. The van der Waals surface area contributed by atoms with Crippen molar-refractivity contribution in [1.82, 2.24) is 9.62 Å². The number of nitrogens with one attached hydrogen (secondary N) is 1. The monoisotopic (exact) mass is 396 g/mol. The quantitative estimate of drug-likeness (QED) is 0.812. The molecule has 1 atom stereocenters. The molecular formula is C19H25ClN2O3S. The molecule has 2 aromatic carbocycles. The third-order valence-corrected chi connectivity index (χ3v) is 6.31. The van der Waals surface area contributed by atoms with Gasteiger partial charge in [0.25, 0.3) is 0 Å². The lowest BCUT2D eigenvalue weighted by Gasteiger charge is -2.17. The van der Waals surface area contributed by atoms with Crippen molar-refractivity contribution in [3.05, 3.63) is 54.1 Å². The summed E-state index contributed by atoms with van der Waals surface area (Å²) in [5.41, 5.74) is 1.11. The summed E-state index contributed by atoms with van der Waals surface area (Å²) >= 11 is 0. The molecule has 0 radical (unpaired) electrons. The maximum absolute atomic E-state index is 12.8. The number of hydrogen-bond acceptors (Lipinski definition) is 4. The zero-order valence-electron chi connectivity index (χ0n) is 15.0. The van der Waals surface area contributed by atoms with Gasteiger partial charge < -0.3 is 10.1 Å². The van der Waals surface area contributed by atoms with E-state index in [2.05, 4.69) is 5.32 Å². The van der Waals surface area contributed by atoms with Gasteiger partial charge in [-0.1, -0.05) is 12.1 Å². The Morgan fingerprint density at radius 2 is 1.88 bits per heavy atom. The number of nitrogens with zero attached hydrogens (tertiary/aromatic N) is 1. The molecule has 0 amide bonds. The Morgan fingerprint density at radius 3 is 2.54 bits per heavy atom. The zero-order chi connectivity index (χ0) is 17.9. The smallest absolute Gasteiger partial charge is 0.243 e. The molecule has 1 N–H and O–H groups in total. The first-order valence-electron chi connectivity index (χ1n) is 8.48. The molecule has 0 aromatic heterocycles. The molecule has 2 aromatic rings. The van der Waals surface area contributed by atoms with Crippen LogP contribution in [0.25, 0.3) is 0 Å². The third-order valence-electron chi connectivity index (χ3n) is 4.43. The van der Waals surface area contributed by atoms with Crippen LogP contribution in [-0.2, 0) is 10.0 Å². The highest BCUT2D eigenvalue weighted by atomic mass is 35.5. The van der Waals surface area contributed by atoms with Crippen LogP contribution in [0, 0.1) is 12.8 Å². The Hall–Kier alpha value is -1.60. The van der Waals surface area contributed by atoms with E-state index in [9.17, 15) is 8.42 Å². The summed E-state index contributed by atoms with van der Waals surface area (Å²) < 4.78 is 32.9. The van der Waals surface area contributed by atoms with Gasteiger partial charge >= 0.3 is 0 Å². The highest BCUT2D eigenvalue weighted by Gasteiger charge is 2.32. The Bertz CT molecular complexity index is 825. The molecule has 1 fully saturated rings. The summed E-state index contributed by atoms with van der Waals surface area (Å²) in [4.78, 5) is 0.314. The molecular weight excluding hydrogens is 372 g/mol. The summed E-state index contributed by atoms with van der Waals surface area (Å²) in [7, 11) is -1.54. The van der Waals surface area contributed by atoms with Crippen LogP contribution in [0.3, 0.4) is 0 Å². The SMILES string of the molecule is CNCC1CCN(S(=O)(=O)c2ccc(Oc3cccc(C)c3)cc2)C1.Cl. The fraction of sp³-hybridized carbons (Fsp3) is 0.368. The number of halogens is 1. The molecule has 142 valence electrons. The molecule has 0 saturated carbocycles. The number of benzene rings is 2. The highest BCUT2D eigenvalue weighted by Crippen LogP contribution is 2.27. The first-order valence-corrected chi connectivity index (χ1v) is 9.92. The van der Waals surface area contributed by atoms with Gasteiger partial charge in [-0.25, -0.2) is 8.42 Å². The molecule has 1 saturated heterocycles. The van der Waals surface area contributed by atoms with Crippen LogP contribution in [0.4, 0.5) is 0 Å². The van der Waals surface area contributed by atoms with Crippen LogP contribution in [0.15, 0.2) is 53.4 Å². The van der Waals surface area contributed by atoms with E-state index in [1.54, 1.807) is 28.6 Å². The van der Waals surface area contributed by atoms with Gasteiger partial charge in [-0.15, -0.1) is 12.4 Å². The maximum atomic E-state index is 12.8. The van der Waals surface area contributed by atoms with Crippen molar-refractivity contribution in [2.24, 2.45) is 5.92 Å². The van der Waals surface area contributed by atoms with Crippen LogP contribution in [0.5, 0.6) is 11.5 Å². The normalized spacial score (nSPS) is 17.7. The van der Waals surface area contributed by atoms with Crippen molar-refractivity contribution in [1.29, 1.82) is 0 Å². The molecule has 0 spiro atoms. The maximum Gasteiger partial charge on any atom is 0.243 e. The van der Waals surface area contributed by atoms with E-state index in [-0.39, 0.29) is 12.4 Å². The molecule has 0 aliphatic carbocycles. The second kappa shape index (κ2) is 8.86. The molecule has 26 heavy (non-hydrogen) atoms. The van der Waals surface area contributed by atoms with Gasteiger partial charge in [0.2, 0.25) is 10.0 Å². The van der Waals surface area contributed by atoms with E-state index in [1.165, 1.54) is 0 Å². The average molecular weight is 397 g/mol. The predicted molar refractivity (Wildman–Crippen MR) is 106 cm³/mol. The molecule has 5 nitrogen and oxygen atoms in total. The van der Waals surface area contributed by atoms with Crippen LogP contribution >= 0.6 is 12.4 Å². The van der Waals surface area contributed by atoms with Gasteiger partial charge in [-0.3, -0.25) is 0 Å². The number of sulfonamides is 1. The minimum atomic E-state index is -3.44. The fourth-order valence-electron chi connectivity index (χ4n) is 3.11. The minimum absolute atomic E-state index is 0. The summed E-state index contributed by atoms with van der Waals surface area (Å²) in [5.74, 6) is 1.74. The van der Waals surface area contributed by atoms with Crippen LogP contribution in [0.1, 0.15) is 12.0 Å². The standard InChI is InChI=1S/C19H24N2O3S.ClH/c1-15-4-3-5-18(12-15)24-17-6-8-19(9-7-17)25(22,23)21-11-10-16(14-21)13-20-2;/h3-9,12,16,20H,10-11,13-14H2,1-2H3;1H. The number of aryl methyl sites for hydroxylation is 1. The van der Waals surface area contributed by atoms with Crippen molar-refractivity contribution in [3.8, 4) is 11.5 Å². The number of rotatable bonds is 6. The van der Waals surface area contributed by atoms with Crippen molar-refractivity contribution < 1.29 is 13.2 Å². The fourth-order valence-corrected chi connectivity index (χ4v) is 4.65. The Kier molecular flexibility index (Phi) is 7.06. The van der Waals surface area contributed by atoms with E-state index in [4.69, 9.17) is 4.74 Å². The zero-order valence-corrected chi connectivity index (χ0v) is 16.6. The summed E-state index contributed by atoms with van der Waals surface area (Å²) in [6.45, 7) is 4.00. The van der Waals surface area contributed by atoms with Crippen molar-refractivity contribution in [2.45, 2.75) is 18.2 Å². The Labute approximate surface area is 161 Å². The second-order valence-electron chi connectivity index (χ2n) is 6.47. The predicted octanol–water partition coefficient (Wildman–Crippen LogP) is 3.44. The van der Waals surface area contributed by atoms with E-state index < -0.39 is 10.0 Å². The average Bonchev–Trinajstić information content (AvgIpc) is 3.05. The van der Waals surface area contributed by atoms with Crippen molar-refractivity contribution >= 4 is 22.4 Å². The van der Waals surface area contributed by atoms with Crippen molar-refractivity contribution in [3.63, 3.8) is 0 Å². The van der Waals surface area contributed by atoms with Crippen LogP contribution in [-0.4, -0.2) is 39.4 Å². The van der Waals surface area contributed by atoms with E-state index in [0.717, 1.165) is 24.3 Å². The topological polar surface area (TPSA) is 58.6 Å². The molecule has 1 aliphatic heterocycles. The molecule has 1 aliphatic rings. The lowest BCUT2D eigenvalue weighted by molar-refractivity contribution is 0.451. The van der Waals surface area contributed by atoms with E-state index in [0.29, 0.717) is 29.7 Å². The molecule has 1 heterocycles. The van der Waals surface area contributed by atoms with Gasteiger partial charge in [0.05, 0.1) is 4.90 Å². The molecule has 1 unspecified atom stereocenters. The highest BCUT2D eigenvalue weighted by molar-refractivity contribution is 7.89.